The number of likely N-dealkylation sites (tertiary alicyclic amines) is 1. The topological polar surface area (TPSA) is 189 Å². The number of hydrogen-bond acceptors (Lipinski definition) is 12. The molecule has 4 aromatic heterocycles. The second-order valence-corrected chi connectivity index (χ2v) is 14.1. The maximum absolute atomic E-state index is 14.3. The van der Waals surface area contributed by atoms with Crippen LogP contribution in [0.2, 0.25) is 0 Å². The molecule has 2 unspecified atom stereocenters. The molecule has 0 radical (unpaired) electrons. The first-order chi connectivity index (χ1) is 23.4. The van der Waals surface area contributed by atoms with Crippen molar-refractivity contribution in [3.8, 4) is 11.3 Å². The van der Waals surface area contributed by atoms with Crippen LogP contribution < -0.4 is 5.32 Å². The molecular formula is C33H36BrN9O6. The Morgan fingerprint density at radius 1 is 1.12 bits per heavy atom. The van der Waals surface area contributed by atoms with E-state index in [9.17, 15) is 24.6 Å². The third-order valence-electron chi connectivity index (χ3n) is 9.60. The summed E-state index contributed by atoms with van der Waals surface area (Å²) in [4.78, 5) is 62.1. The van der Waals surface area contributed by atoms with E-state index in [-0.39, 0.29) is 66.9 Å². The number of Topliss-reactive ketones (excluding diaryl/α,β-unsaturated/α-hetero) is 1. The lowest BCUT2D eigenvalue weighted by Crippen LogP contribution is -2.47. The standard InChI is InChI=1S/C33H36BrN9O6/c1-17(44)30-21-6-22(20-9-35-18(2)36-10-20)37-11-24(21)42(40-30)13-29(47)43-23-7-33(8-27(33)43)16-41(3)12-25(45)26(46)15-49-14-19-4-5-28(34)38-31(19)39-32(23)48/h4-6,9-11,23,25-27,45-46H,7-8,12-16H2,1-3H3,(H,38,39,48)/t23-,25?,26?,27+,33-/m0/s1. The van der Waals surface area contributed by atoms with E-state index in [1.807, 2.05) is 11.9 Å². The van der Waals surface area contributed by atoms with E-state index in [1.54, 1.807) is 48.6 Å². The molecule has 2 bridgehead atoms. The summed E-state index contributed by atoms with van der Waals surface area (Å²) in [5, 5.41) is 29.3. The predicted octanol–water partition coefficient (Wildman–Crippen LogP) is 1.74. The quantitative estimate of drug-likeness (QED) is 0.204. The van der Waals surface area contributed by atoms with E-state index < -0.39 is 18.2 Å². The minimum atomic E-state index is -1.12. The maximum Gasteiger partial charge on any atom is 0.248 e. The second-order valence-electron chi connectivity index (χ2n) is 13.2. The molecule has 49 heavy (non-hydrogen) atoms. The number of nitrogens with one attached hydrogen (secondary N) is 1. The molecule has 5 atom stereocenters. The van der Waals surface area contributed by atoms with Crippen molar-refractivity contribution in [3.63, 3.8) is 0 Å². The highest BCUT2D eigenvalue weighted by atomic mass is 79.9. The van der Waals surface area contributed by atoms with Crippen molar-refractivity contribution in [2.75, 3.05) is 32.1 Å². The number of pyridine rings is 2. The largest absolute Gasteiger partial charge is 0.389 e. The number of likely N-dealkylation sites (N-methyl/N-ethyl adjacent to an activating group) is 1. The van der Waals surface area contributed by atoms with Gasteiger partial charge in [-0.3, -0.25) is 24.0 Å². The zero-order chi connectivity index (χ0) is 34.6. The van der Waals surface area contributed by atoms with E-state index in [1.165, 1.54) is 11.6 Å². The van der Waals surface area contributed by atoms with Crippen LogP contribution in [0.5, 0.6) is 0 Å². The van der Waals surface area contributed by atoms with Gasteiger partial charge >= 0.3 is 0 Å². The van der Waals surface area contributed by atoms with Gasteiger partial charge in [0.2, 0.25) is 11.8 Å². The molecule has 4 aromatic rings. The van der Waals surface area contributed by atoms with Crippen molar-refractivity contribution in [2.45, 2.75) is 64.1 Å². The number of aliphatic hydroxyl groups excluding tert-OH is 2. The molecule has 2 aliphatic heterocycles. The fourth-order valence-corrected chi connectivity index (χ4v) is 7.43. The number of anilines is 1. The molecule has 1 saturated heterocycles. The van der Waals surface area contributed by atoms with Crippen LogP contribution in [0.1, 0.15) is 41.6 Å². The SMILES string of the molecule is CC(=O)c1nn(CC(=O)N2[C@H]3C[C@]4(C[C@@H]24)CN(C)CC(O)C(O)COCc2ccc(Br)nc2NC3=O)c2cnc(-c3cnc(C)nc3)cc12. The van der Waals surface area contributed by atoms with Gasteiger partial charge in [-0.05, 0) is 54.9 Å². The van der Waals surface area contributed by atoms with Crippen molar-refractivity contribution in [3.05, 3.63) is 58.5 Å². The number of nitrogens with zero attached hydrogens (tertiary/aromatic N) is 8. The number of rotatable bonds is 4. The monoisotopic (exact) mass is 733 g/mol. The lowest BCUT2D eigenvalue weighted by Gasteiger charge is -2.27. The summed E-state index contributed by atoms with van der Waals surface area (Å²) in [5.74, 6) is -0.0871. The van der Waals surface area contributed by atoms with Crippen LogP contribution in [-0.2, 0) is 27.5 Å². The summed E-state index contributed by atoms with van der Waals surface area (Å²) in [6.45, 7) is 3.62. The molecule has 16 heteroatoms. The first-order valence-electron chi connectivity index (χ1n) is 16.0. The van der Waals surface area contributed by atoms with Gasteiger partial charge < -0.3 is 30.1 Å². The number of hydrogen-bond donors (Lipinski definition) is 3. The fraction of sp³-hybridized carbons (Fsp3) is 0.455. The zero-order valence-corrected chi connectivity index (χ0v) is 28.8. The number of amides is 2. The second kappa shape index (κ2) is 12.9. The number of aromatic nitrogens is 6. The minimum absolute atomic E-state index is 0.0347. The zero-order valence-electron chi connectivity index (χ0n) is 27.2. The van der Waals surface area contributed by atoms with Crippen LogP contribution in [0.15, 0.2) is 41.4 Å². The highest BCUT2D eigenvalue weighted by Gasteiger charge is 2.67. The van der Waals surface area contributed by atoms with Gasteiger partial charge in [-0.15, -0.1) is 0 Å². The number of halogens is 1. The summed E-state index contributed by atoms with van der Waals surface area (Å²) in [6.07, 6.45) is 3.80. The average molecular weight is 735 g/mol. The van der Waals surface area contributed by atoms with Crippen molar-refractivity contribution in [2.24, 2.45) is 5.41 Å². The number of β-amino-alcohol motifs (C(OH)–C–C–N with tert-alkyl or cyclic N) is 1. The smallest absolute Gasteiger partial charge is 0.248 e. The van der Waals surface area contributed by atoms with E-state index in [0.717, 1.165) is 0 Å². The van der Waals surface area contributed by atoms with Gasteiger partial charge in [-0.2, -0.15) is 5.10 Å². The van der Waals surface area contributed by atoms with Crippen LogP contribution in [0.4, 0.5) is 5.82 Å². The molecule has 1 spiro atoms. The molecule has 2 fully saturated rings. The Morgan fingerprint density at radius 2 is 1.90 bits per heavy atom. The number of ether oxygens (including phenoxy) is 1. The minimum Gasteiger partial charge on any atom is -0.389 e. The Morgan fingerprint density at radius 3 is 2.65 bits per heavy atom. The predicted molar refractivity (Wildman–Crippen MR) is 179 cm³/mol. The molecule has 256 valence electrons. The Kier molecular flexibility index (Phi) is 8.77. The van der Waals surface area contributed by atoms with Crippen LogP contribution in [-0.4, -0.2) is 118 Å². The highest BCUT2D eigenvalue weighted by Crippen LogP contribution is 2.60. The molecule has 3 aliphatic rings. The highest BCUT2D eigenvalue weighted by molar-refractivity contribution is 9.10. The van der Waals surface area contributed by atoms with Crippen LogP contribution >= 0.6 is 15.9 Å². The van der Waals surface area contributed by atoms with Gasteiger partial charge in [-0.25, -0.2) is 15.0 Å². The first-order valence-corrected chi connectivity index (χ1v) is 16.8. The van der Waals surface area contributed by atoms with Gasteiger partial charge in [0.25, 0.3) is 0 Å². The third-order valence-corrected chi connectivity index (χ3v) is 10.0. The molecule has 3 N–H and O–H groups in total. The lowest BCUT2D eigenvalue weighted by molar-refractivity contribution is -0.138. The Bertz CT molecular complexity index is 1950. The van der Waals surface area contributed by atoms with Crippen LogP contribution in [0.3, 0.4) is 0 Å². The molecule has 15 nitrogen and oxygen atoms in total. The van der Waals surface area contributed by atoms with E-state index >= 15 is 0 Å². The van der Waals surface area contributed by atoms with E-state index in [2.05, 4.69) is 46.3 Å². The van der Waals surface area contributed by atoms with E-state index in [4.69, 9.17) is 4.74 Å². The Hall–Kier alpha value is -4.22. The molecule has 1 saturated carbocycles. The molecule has 1 aliphatic carbocycles. The molecular weight excluding hydrogens is 698 g/mol. The number of ketones is 1. The number of piperidine rings is 1. The maximum atomic E-state index is 14.3. The molecule has 0 aromatic carbocycles. The summed E-state index contributed by atoms with van der Waals surface area (Å²) < 4.78 is 7.66. The number of carbonyl (C=O) groups is 3. The van der Waals surface area contributed by atoms with Gasteiger partial charge in [0, 0.05) is 60.4 Å². The summed E-state index contributed by atoms with van der Waals surface area (Å²) in [6, 6.07) is 4.17. The summed E-state index contributed by atoms with van der Waals surface area (Å²) in [5.41, 5.74) is 2.13. The number of aryl methyl sites for hydroxylation is 1. The molecule has 6 heterocycles. The Labute approximate surface area is 289 Å². The Balaban J connectivity index is 1.21. The summed E-state index contributed by atoms with van der Waals surface area (Å²) in [7, 11) is 1.85. The molecule has 2 amide bonds. The van der Waals surface area contributed by atoms with Crippen molar-refractivity contribution in [1.29, 1.82) is 0 Å². The third kappa shape index (κ3) is 6.46. The van der Waals surface area contributed by atoms with Crippen LogP contribution in [0.25, 0.3) is 22.2 Å². The van der Waals surface area contributed by atoms with Crippen molar-refractivity contribution < 1.29 is 29.3 Å². The number of fused-ring (bicyclic) bond motifs is 3. The van der Waals surface area contributed by atoms with Crippen molar-refractivity contribution in [1.82, 2.24) is 39.5 Å². The van der Waals surface area contributed by atoms with Crippen LogP contribution in [0, 0.1) is 12.3 Å². The number of carbonyl (C=O) groups excluding carboxylic acids is 3. The average Bonchev–Trinajstić information content (AvgIpc) is 3.45. The molecule has 7 rings (SSSR count). The van der Waals surface area contributed by atoms with Gasteiger partial charge in [-0.1, -0.05) is 6.07 Å². The summed E-state index contributed by atoms with van der Waals surface area (Å²) >= 11 is 3.36. The number of aliphatic hydroxyl groups is 2. The van der Waals surface area contributed by atoms with Gasteiger partial charge in [0.1, 0.15) is 40.6 Å². The van der Waals surface area contributed by atoms with E-state index in [0.29, 0.717) is 57.5 Å². The lowest BCUT2D eigenvalue weighted by atomic mass is 9.98. The van der Waals surface area contributed by atoms with Gasteiger partial charge in [0.05, 0.1) is 36.7 Å². The first kappa shape index (κ1) is 33.3. The normalized spacial score (nSPS) is 26.0. The van der Waals surface area contributed by atoms with Crippen molar-refractivity contribution >= 4 is 50.2 Å². The fourth-order valence-electron chi connectivity index (χ4n) is 7.12. The van der Waals surface area contributed by atoms with Gasteiger partial charge in [0.15, 0.2) is 5.78 Å².